The molecule has 94 valence electrons. The highest BCUT2D eigenvalue weighted by Gasteiger charge is 2.15. The van der Waals surface area contributed by atoms with Crippen molar-refractivity contribution in [1.82, 2.24) is 10.5 Å². The first kappa shape index (κ1) is 12.1. The van der Waals surface area contributed by atoms with Crippen molar-refractivity contribution in [2.45, 2.75) is 57.9 Å². The molecule has 1 aliphatic carbocycles. The second-order valence-corrected chi connectivity index (χ2v) is 4.86. The summed E-state index contributed by atoms with van der Waals surface area (Å²) in [5, 5.41) is 6.93. The van der Waals surface area contributed by atoms with Gasteiger partial charge in [-0.3, -0.25) is 4.79 Å². The molecule has 2 rings (SSSR count). The summed E-state index contributed by atoms with van der Waals surface area (Å²) in [5.41, 5.74) is 0.716. The summed E-state index contributed by atoms with van der Waals surface area (Å²) in [5.74, 6) is 0.812. The molecular weight excluding hydrogens is 216 g/mol. The Bertz CT molecular complexity index is 365. The fourth-order valence-electron chi connectivity index (χ4n) is 2.37. The molecule has 0 unspecified atom stereocenters. The van der Waals surface area contributed by atoms with Crippen LogP contribution in [-0.2, 0) is 11.2 Å². The van der Waals surface area contributed by atoms with Gasteiger partial charge in [-0.1, -0.05) is 30.8 Å². The molecule has 0 radical (unpaired) electrons. The predicted molar refractivity (Wildman–Crippen MR) is 64.6 cm³/mol. The molecule has 17 heavy (non-hydrogen) atoms. The van der Waals surface area contributed by atoms with Crippen molar-refractivity contribution in [2.75, 3.05) is 0 Å². The third kappa shape index (κ3) is 3.88. The molecule has 4 nitrogen and oxygen atoms in total. The quantitative estimate of drug-likeness (QED) is 0.820. The van der Waals surface area contributed by atoms with Crippen molar-refractivity contribution >= 4 is 5.91 Å². The van der Waals surface area contributed by atoms with Crippen LogP contribution < -0.4 is 5.32 Å². The first-order valence-corrected chi connectivity index (χ1v) is 6.45. The van der Waals surface area contributed by atoms with E-state index in [0.29, 0.717) is 18.2 Å². The SMILES string of the molecule is Cc1cc(CC(=O)NC2CCCCCC2)no1. The summed E-state index contributed by atoms with van der Waals surface area (Å²) in [6, 6.07) is 2.17. The van der Waals surface area contributed by atoms with Crippen LogP contribution in [0.2, 0.25) is 0 Å². The van der Waals surface area contributed by atoms with Crippen LogP contribution in [0, 0.1) is 6.92 Å². The average Bonchev–Trinajstić information content (AvgIpc) is 2.53. The van der Waals surface area contributed by atoms with Gasteiger partial charge in [0.1, 0.15) is 5.76 Å². The highest BCUT2D eigenvalue weighted by Crippen LogP contribution is 2.17. The summed E-state index contributed by atoms with van der Waals surface area (Å²) >= 11 is 0. The maximum Gasteiger partial charge on any atom is 0.226 e. The summed E-state index contributed by atoms with van der Waals surface area (Å²) in [4.78, 5) is 11.8. The zero-order valence-corrected chi connectivity index (χ0v) is 10.4. The highest BCUT2D eigenvalue weighted by molar-refractivity contribution is 5.78. The van der Waals surface area contributed by atoms with E-state index in [1.165, 1.54) is 25.7 Å². The number of nitrogens with zero attached hydrogens (tertiary/aromatic N) is 1. The Kier molecular flexibility index (Phi) is 4.18. The van der Waals surface area contributed by atoms with Crippen LogP contribution in [0.4, 0.5) is 0 Å². The van der Waals surface area contributed by atoms with E-state index in [2.05, 4.69) is 10.5 Å². The Labute approximate surface area is 102 Å². The van der Waals surface area contributed by atoms with Crippen molar-refractivity contribution in [3.05, 3.63) is 17.5 Å². The first-order valence-electron chi connectivity index (χ1n) is 6.45. The Morgan fingerprint density at radius 3 is 2.71 bits per heavy atom. The number of rotatable bonds is 3. The fraction of sp³-hybridized carbons (Fsp3) is 0.692. The molecule has 4 heteroatoms. The zero-order chi connectivity index (χ0) is 12.1. The molecule has 0 saturated heterocycles. The Hall–Kier alpha value is -1.32. The van der Waals surface area contributed by atoms with Gasteiger partial charge in [-0.2, -0.15) is 0 Å². The van der Waals surface area contributed by atoms with E-state index in [0.717, 1.165) is 18.6 Å². The molecule has 0 aromatic carbocycles. The van der Waals surface area contributed by atoms with Gasteiger partial charge >= 0.3 is 0 Å². The summed E-state index contributed by atoms with van der Waals surface area (Å²) < 4.78 is 4.95. The number of aryl methyl sites for hydroxylation is 1. The van der Waals surface area contributed by atoms with Crippen LogP contribution in [0.1, 0.15) is 50.0 Å². The maximum atomic E-state index is 11.8. The minimum Gasteiger partial charge on any atom is -0.361 e. The smallest absolute Gasteiger partial charge is 0.226 e. The Morgan fingerprint density at radius 1 is 1.41 bits per heavy atom. The highest BCUT2D eigenvalue weighted by atomic mass is 16.5. The van der Waals surface area contributed by atoms with Crippen LogP contribution >= 0.6 is 0 Å². The maximum absolute atomic E-state index is 11.8. The van der Waals surface area contributed by atoms with Gasteiger partial charge in [-0.05, 0) is 19.8 Å². The van der Waals surface area contributed by atoms with E-state index >= 15 is 0 Å². The third-order valence-corrected chi connectivity index (χ3v) is 3.24. The number of amides is 1. The summed E-state index contributed by atoms with van der Waals surface area (Å²) in [6.45, 7) is 1.83. The number of carbonyl (C=O) groups is 1. The lowest BCUT2D eigenvalue weighted by Crippen LogP contribution is -2.35. The van der Waals surface area contributed by atoms with Gasteiger partial charge in [0.2, 0.25) is 5.91 Å². The van der Waals surface area contributed by atoms with Crippen LogP contribution in [0.3, 0.4) is 0 Å². The molecule has 1 N–H and O–H groups in total. The van der Waals surface area contributed by atoms with Crippen molar-refractivity contribution in [3.63, 3.8) is 0 Å². The van der Waals surface area contributed by atoms with Gasteiger partial charge in [0.25, 0.3) is 0 Å². The molecule has 0 spiro atoms. The molecule has 1 amide bonds. The monoisotopic (exact) mass is 236 g/mol. The van der Waals surface area contributed by atoms with E-state index in [1.54, 1.807) is 0 Å². The summed E-state index contributed by atoms with van der Waals surface area (Å²) in [7, 11) is 0. The van der Waals surface area contributed by atoms with E-state index in [-0.39, 0.29) is 5.91 Å². The number of nitrogens with one attached hydrogen (secondary N) is 1. The number of carbonyl (C=O) groups excluding carboxylic acids is 1. The molecular formula is C13H20N2O2. The first-order chi connectivity index (χ1) is 8.24. The third-order valence-electron chi connectivity index (χ3n) is 3.24. The van der Waals surface area contributed by atoms with Gasteiger partial charge in [0.15, 0.2) is 0 Å². The second kappa shape index (κ2) is 5.84. The van der Waals surface area contributed by atoms with Gasteiger partial charge in [0, 0.05) is 12.1 Å². The minimum absolute atomic E-state index is 0.0604. The molecule has 1 aliphatic rings. The number of hydrogen-bond acceptors (Lipinski definition) is 3. The average molecular weight is 236 g/mol. The van der Waals surface area contributed by atoms with E-state index in [9.17, 15) is 4.79 Å². The molecule has 0 atom stereocenters. The van der Waals surface area contributed by atoms with Gasteiger partial charge in [-0.25, -0.2) is 0 Å². The Morgan fingerprint density at radius 2 is 2.12 bits per heavy atom. The van der Waals surface area contributed by atoms with Crippen LogP contribution in [0.5, 0.6) is 0 Å². The van der Waals surface area contributed by atoms with Crippen LogP contribution in [0.25, 0.3) is 0 Å². The zero-order valence-electron chi connectivity index (χ0n) is 10.4. The van der Waals surface area contributed by atoms with Gasteiger partial charge in [0.05, 0.1) is 12.1 Å². The van der Waals surface area contributed by atoms with Crippen molar-refractivity contribution in [1.29, 1.82) is 0 Å². The molecule has 0 aliphatic heterocycles. The molecule has 1 heterocycles. The molecule has 0 bridgehead atoms. The number of hydrogen-bond donors (Lipinski definition) is 1. The second-order valence-electron chi connectivity index (χ2n) is 4.86. The van der Waals surface area contributed by atoms with Crippen molar-refractivity contribution < 1.29 is 9.32 Å². The molecule has 1 aromatic heterocycles. The topological polar surface area (TPSA) is 55.1 Å². The number of aromatic nitrogens is 1. The van der Waals surface area contributed by atoms with Gasteiger partial charge in [-0.15, -0.1) is 0 Å². The van der Waals surface area contributed by atoms with E-state index in [1.807, 2.05) is 13.0 Å². The van der Waals surface area contributed by atoms with Crippen LogP contribution in [-0.4, -0.2) is 17.1 Å². The summed E-state index contributed by atoms with van der Waals surface area (Å²) in [6.07, 6.45) is 7.62. The van der Waals surface area contributed by atoms with E-state index in [4.69, 9.17) is 4.52 Å². The fourth-order valence-corrected chi connectivity index (χ4v) is 2.37. The lowest BCUT2D eigenvalue weighted by atomic mass is 10.1. The molecule has 1 saturated carbocycles. The normalized spacial score (nSPS) is 17.7. The van der Waals surface area contributed by atoms with Crippen LogP contribution in [0.15, 0.2) is 10.6 Å². The molecule has 1 fully saturated rings. The van der Waals surface area contributed by atoms with Crippen molar-refractivity contribution in [2.24, 2.45) is 0 Å². The lowest BCUT2D eigenvalue weighted by molar-refractivity contribution is -0.121. The molecule has 1 aromatic rings. The van der Waals surface area contributed by atoms with Crippen molar-refractivity contribution in [3.8, 4) is 0 Å². The lowest BCUT2D eigenvalue weighted by Gasteiger charge is -2.15. The minimum atomic E-state index is 0.0604. The standard InChI is InChI=1S/C13H20N2O2/c1-10-8-12(15-17-10)9-13(16)14-11-6-4-2-3-5-7-11/h8,11H,2-7,9H2,1H3,(H,14,16). The largest absolute Gasteiger partial charge is 0.361 e. The predicted octanol–water partition coefficient (Wildman–Crippen LogP) is 2.36. The Balaban J connectivity index is 1.80. The van der Waals surface area contributed by atoms with E-state index < -0.39 is 0 Å². The van der Waals surface area contributed by atoms with Gasteiger partial charge < -0.3 is 9.84 Å².